The number of carbonyl (C=O) groups is 3. The third-order valence-electron chi connectivity index (χ3n) is 3.57. The van der Waals surface area contributed by atoms with Crippen molar-refractivity contribution in [3.8, 4) is 5.75 Å². The summed E-state index contributed by atoms with van der Waals surface area (Å²) in [5.74, 6) is -0.334. The second-order valence-electron chi connectivity index (χ2n) is 5.92. The summed E-state index contributed by atoms with van der Waals surface area (Å²) in [5.41, 5.74) is 0.473. The first-order valence-corrected chi connectivity index (χ1v) is 11.2. The second kappa shape index (κ2) is 12.8. The smallest absolute Gasteiger partial charge is 0.325 e. The first-order chi connectivity index (χ1) is 14.5. The summed E-state index contributed by atoms with van der Waals surface area (Å²) in [6.45, 7) is 4.52. The van der Waals surface area contributed by atoms with Gasteiger partial charge in [-0.1, -0.05) is 36.4 Å². The van der Waals surface area contributed by atoms with Crippen LogP contribution in [0, 0.1) is 0 Å². The van der Waals surface area contributed by atoms with E-state index in [-0.39, 0.29) is 30.7 Å². The van der Waals surface area contributed by atoms with Gasteiger partial charge in [-0.3, -0.25) is 19.7 Å². The monoisotopic (exact) mass is 452 g/mol. The normalized spacial score (nSPS) is 10.3. The molecular weight excluding hydrogens is 428 g/mol. The molecule has 0 aliphatic heterocycles. The van der Waals surface area contributed by atoms with Crippen molar-refractivity contribution in [3.05, 3.63) is 29.8 Å². The maximum Gasteiger partial charge on any atom is 0.325 e. The van der Waals surface area contributed by atoms with E-state index in [9.17, 15) is 14.4 Å². The highest BCUT2D eigenvalue weighted by atomic mass is 32.2. The Morgan fingerprint density at radius 2 is 1.90 bits per heavy atom. The van der Waals surface area contributed by atoms with Crippen LogP contribution >= 0.6 is 23.1 Å². The average molecular weight is 453 g/mol. The van der Waals surface area contributed by atoms with Gasteiger partial charge in [0.15, 0.2) is 4.34 Å². The standard InChI is InChI=1S/C19H24N4O5S2/c1-3-5-10-28-14-8-6-13(7-9-14)17(26)21-18-22-23-19(30-18)29-12-15(24)20-11-16(25)27-4-2/h6-9H,3-5,10-12H2,1-2H3,(H,20,24)(H,21,22,26). The molecule has 162 valence electrons. The van der Waals surface area contributed by atoms with Gasteiger partial charge in [-0.25, -0.2) is 0 Å². The summed E-state index contributed by atoms with van der Waals surface area (Å²) >= 11 is 2.32. The molecule has 0 saturated carbocycles. The molecule has 2 rings (SSSR count). The molecule has 2 aromatic rings. The van der Waals surface area contributed by atoms with Gasteiger partial charge in [0, 0.05) is 5.56 Å². The van der Waals surface area contributed by atoms with Crippen LogP contribution < -0.4 is 15.4 Å². The van der Waals surface area contributed by atoms with E-state index in [0.717, 1.165) is 41.7 Å². The van der Waals surface area contributed by atoms with Gasteiger partial charge in [0.05, 0.1) is 19.0 Å². The number of thioether (sulfide) groups is 1. The largest absolute Gasteiger partial charge is 0.494 e. The molecule has 1 heterocycles. The van der Waals surface area contributed by atoms with Gasteiger partial charge in [0.1, 0.15) is 12.3 Å². The number of rotatable bonds is 12. The van der Waals surface area contributed by atoms with E-state index >= 15 is 0 Å². The molecule has 9 nitrogen and oxygen atoms in total. The van der Waals surface area contributed by atoms with Crippen molar-refractivity contribution in [2.24, 2.45) is 0 Å². The van der Waals surface area contributed by atoms with Crippen LogP contribution in [0.25, 0.3) is 0 Å². The molecule has 0 spiro atoms. The number of amides is 2. The number of esters is 1. The molecular formula is C19H24N4O5S2. The maximum absolute atomic E-state index is 12.3. The van der Waals surface area contributed by atoms with Gasteiger partial charge >= 0.3 is 5.97 Å². The van der Waals surface area contributed by atoms with Gasteiger partial charge in [-0.05, 0) is 37.6 Å². The van der Waals surface area contributed by atoms with Crippen LogP contribution in [0.5, 0.6) is 5.75 Å². The van der Waals surface area contributed by atoms with Crippen LogP contribution in [0.1, 0.15) is 37.0 Å². The third-order valence-corrected chi connectivity index (χ3v) is 5.54. The Balaban J connectivity index is 1.77. The SMILES string of the molecule is CCCCOc1ccc(C(=O)Nc2nnc(SCC(=O)NCC(=O)OCC)s2)cc1. The fourth-order valence-corrected chi connectivity index (χ4v) is 3.66. The summed E-state index contributed by atoms with van der Waals surface area (Å²) in [7, 11) is 0. The molecule has 0 aliphatic rings. The molecule has 1 aromatic carbocycles. The topological polar surface area (TPSA) is 120 Å². The molecule has 0 bridgehead atoms. The highest BCUT2D eigenvalue weighted by molar-refractivity contribution is 8.01. The van der Waals surface area contributed by atoms with Gasteiger partial charge in [0.25, 0.3) is 5.91 Å². The number of anilines is 1. The minimum absolute atomic E-state index is 0.0709. The molecule has 0 fully saturated rings. The average Bonchev–Trinajstić information content (AvgIpc) is 3.19. The summed E-state index contributed by atoms with van der Waals surface area (Å²) < 4.78 is 10.8. The van der Waals surface area contributed by atoms with Crippen LogP contribution in [0.3, 0.4) is 0 Å². The molecule has 2 N–H and O–H groups in total. The van der Waals surface area contributed by atoms with Crippen LogP contribution in [-0.2, 0) is 14.3 Å². The van der Waals surface area contributed by atoms with E-state index in [4.69, 9.17) is 9.47 Å². The number of ether oxygens (including phenoxy) is 2. The lowest BCUT2D eigenvalue weighted by Crippen LogP contribution is -2.31. The summed E-state index contributed by atoms with van der Waals surface area (Å²) in [6.07, 6.45) is 2.04. The van der Waals surface area contributed by atoms with Gasteiger partial charge in [-0.15, -0.1) is 10.2 Å². The molecule has 1 aromatic heterocycles. The Morgan fingerprint density at radius 3 is 2.60 bits per heavy atom. The predicted molar refractivity (Wildman–Crippen MR) is 115 cm³/mol. The van der Waals surface area contributed by atoms with Gasteiger partial charge in [-0.2, -0.15) is 0 Å². The van der Waals surface area contributed by atoms with Crippen molar-refractivity contribution < 1.29 is 23.9 Å². The first kappa shape index (κ1) is 23.6. The van der Waals surface area contributed by atoms with Crippen molar-refractivity contribution in [3.63, 3.8) is 0 Å². The van der Waals surface area contributed by atoms with E-state index < -0.39 is 5.97 Å². The highest BCUT2D eigenvalue weighted by Gasteiger charge is 2.13. The Morgan fingerprint density at radius 1 is 1.13 bits per heavy atom. The number of hydrogen-bond acceptors (Lipinski definition) is 9. The van der Waals surface area contributed by atoms with Crippen molar-refractivity contribution in [1.82, 2.24) is 15.5 Å². The molecule has 30 heavy (non-hydrogen) atoms. The minimum Gasteiger partial charge on any atom is -0.494 e. The van der Waals surface area contributed by atoms with E-state index in [1.54, 1.807) is 31.2 Å². The molecule has 2 amide bonds. The summed E-state index contributed by atoms with van der Waals surface area (Å²) in [5, 5.41) is 13.3. The Kier molecular flexibility index (Phi) is 10.1. The predicted octanol–water partition coefficient (Wildman–Crippen LogP) is 2.74. The molecule has 0 aliphatic carbocycles. The highest BCUT2D eigenvalue weighted by Crippen LogP contribution is 2.25. The Hall–Kier alpha value is -2.66. The van der Waals surface area contributed by atoms with Crippen LogP contribution in [0.2, 0.25) is 0 Å². The number of carbonyl (C=O) groups excluding carboxylic acids is 3. The number of aromatic nitrogens is 2. The Labute approximate surface area is 182 Å². The van der Waals surface area contributed by atoms with Crippen LogP contribution in [-0.4, -0.2) is 53.5 Å². The zero-order valence-corrected chi connectivity index (χ0v) is 18.4. The van der Waals surface area contributed by atoms with Crippen molar-refractivity contribution in [1.29, 1.82) is 0 Å². The lowest BCUT2D eigenvalue weighted by molar-refractivity contribution is -0.143. The fraction of sp³-hybridized carbons (Fsp3) is 0.421. The lowest BCUT2D eigenvalue weighted by atomic mass is 10.2. The zero-order valence-electron chi connectivity index (χ0n) is 16.8. The number of nitrogens with one attached hydrogen (secondary N) is 2. The minimum atomic E-state index is -0.489. The fourth-order valence-electron chi connectivity index (χ4n) is 2.09. The number of hydrogen-bond donors (Lipinski definition) is 2. The van der Waals surface area contributed by atoms with Crippen molar-refractivity contribution >= 4 is 46.0 Å². The first-order valence-electron chi connectivity index (χ1n) is 9.44. The number of unbranched alkanes of at least 4 members (excludes halogenated alkanes) is 1. The van der Waals surface area contributed by atoms with Gasteiger partial charge < -0.3 is 14.8 Å². The molecule has 0 atom stereocenters. The second-order valence-corrected chi connectivity index (χ2v) is 8.12. The molecule has 11 heteroatoms. The van der Waals surface area contributed by atoms with Crippen LogP contribution in [0.15, 0.2) is 28.6 Å². The number of benzene rings is 1. The van der Waals surface area contributed by atoms with Crippen molar-refractivity contribution in [2.75, 3.05) is 30.8 Å². The molecule has 0 saturated heterocycles. The third kappa shape index (κ3) is 8.37. The van der Waals surface area contributed by atoms with Gasteiger partial charge in [0.2, 0.25) is 11.0 Å². The number of nitrogens with zero attached hydrogens (tertiary/aromatic N) is 2. The summed E-state index contributed by atoms with van der Waals surface area (Å²) in [6, 6.07) is 6.87. The van der Waals surface area contributed by atoms with Crippen molar-refractivity contribution in [2.45, 2.75) is 31.0 Å². The zero-order chi connectivity index (χ0) is 21.8. The maximum atomic E-state index is 12.3. The Bertz CT molecular complexity index is 842. The van der Waals surface area contributed by atoms with E-state index in [1.165, 1.54) is 0 Å². The quantitative estimate of drug-likeness (QED) is 0.218. The van der Waals surface area contributed by atoms with E-state index in [2.05, 4.69) is 27.8 Å². The van der Waals surface area contributed by atoms with Crippen LogP contribution in [0.4, 0.5) is 5.13 Å². The van der Waals surface area contributed by atoms with E-state index in [0.29, 0.717) is 21.6 Å². The van der Waals surface area contributed by atoms with E-state index in [1.807, 2.05) is 0 Å². The summed E-state index contributed by atoms with van der Waals surface area (Å²) in [4.78, 5) is 35.3. The lowest BCUT2D eigenvalue weighted by Gasteiger charge is -2.06. The molecule has 0 radical (unpaired) electrons. The molecule has 0 unspecified atom stereocenters.